The second-order valence-corrected chi connectivity index (χ2v) is 6.84. The minimum Gasteiger partial charge on any atom is -0.489 e. The minimum atomic E-state index is 0.208. The molecule has 0 spiro atoms. The first kappa shape index (κ1) is 17.1. The largest absolute Gasteiger partial charge is 0.489 e. The van der Waals surface area contributed by atoms with E-state index in [1.807, 2.05) is 0 Å². The molecule has 124 valence electrons. The molecule has 0 saturated carbocycles. The van der Waals surface area contributed by atoms with Crippen LogP contribution in [0.2, 0.25) is 0 Å². The lowest BCUT2D eigenvalue weighted by Gasteiger charge is -2.34. The first-order valence-electron chi connectivity index (χ1n) is 8.85. The van der Waals surface area contributed by atoms with E-state index in [0.717, 1.165) is 37.8 Å². The van der Waals surface area contributed by atoms with Crippen LogP contribution in [0.3, 0.4) is 0 Å². The number of hydrogen-bond acceptors (Lipinski definition) is 3. The molecule has 3 nitrogen and oxygen atoms in total. The summed E-state index contributed by atoms with van der Waals surface area (Å²) in [5, 5.41) is 3.47. The highest BCUT2D eigenvalue weighted by Gasteiger charge is 2.20. The fourth-order valence-corrected chi connectivity index (χ4v) is 3.10. The lowest BCUT2D eigenvalue weighted by Crippen LogP contribution is -2.34. The smallest absolute Gasteiger partial charge is 0.143 e. The zero-order valence-corrected chi connectivity index (χ0v) is 14.7. The highest BCUT2D eigenvalue weighted by molar-refractivity contribution is 5.60. The molecule has 1 atom stereocenters. The first-order valence-corrected chi connectivity index (χ1v) is 8.85. The van der Waals surface area contributed by atoms with Gasteiger partial charge in [0.2, 0.25) is 0 Å². The minimum absolute atomic E-state index is 0.208. The second-order valence-electron chi connectivity index (χ2n) is 6.84. The van der Waals surface area contributed by atoms with Gasteiger partial charge in [-0.15, -0.1) is 0 Å². The molecule has 0 aliphatic carbocycles. The molecule has 2 rings (SSSR count). The van der Waals surface area contributed by atoms with Gasteiger partial charge in [-0.05, 0) is 63.3 Å². The van der Waals surface area contributed by atoms with Gasteiger partial charge in [0.25, 0.3) is 0 Å². The predicted molar refractivity (Wildman–Crippen MR) is 94.8 cm³/mol. The van der Waals surface area contributed by atoms with Crippen molar-refractivity contribution in [1.29, 1.82) is 0 Å². The Bertz CT molecular complexity index is 459. The van der Waals surface area contributed by atoms with Crippen LogP contribution in [-0.2, 0) is 6.54 Å². The Morgan fingerprint density at radius 2 is 2.18 bits per heavy atom. The van der Waals surface area contributed by atoms with Crippen molar-refractivity contribution in [2.45, 2.75) is 59.6 Å². The first-order chi connectivity index (χ1) is 10.6. The van der Waals surface area contributed by atoms with Crippen LogP contribution in [0, 0.1) is 5.92 Å². The van der Waals surface area contributed by atoms with Crippen molar-refractivity contribution in [1.82, 2.24) is 5.32 Å². The summed E-state index contributed by atoms with van der Waals surface area (Å²) in [6.07, 6.45) is 4.00. The van der Waals surface area contributed by atoms with E-state index in [0.29, 0.717) is 0 Å². The Labute approximate surface area is 136 Å². The van der Waals surface area contributed by atoms with Crippen LogP contribution in [0.25, 0.3) is 0 Å². The molecule has 1 aliphatic rings. The van der Waals surface area contributed by atoms with Crippen molar-refractivity contribution in [2.24, 2.45) is 5.92 Å². The number of hydrogen-bond donors (Lipinski definition) is 1. The van der Waals surface area contributed by atoms with E-state index < -0.39 is 0 Å². The van der Waals surface area contributed by atoms with Crippen LogP contribution < -0.4 is 15.0 Å². The average molecular weight is 304 g/mol. The third-order valence-corrected chi connectivity index (χ3v) is 4.14. The molecule has 1 heterocycles. The Morgan fingerprint density at radius 1 is 1.36 bits per heavy atom. The van der Waals surface area contributed by atoms with Crippen molar-refractivity contribution in [2.75, 3.05) is 24.5 Å². The summed E-state index contributed by atoms with van der Waals surface area (Å²) in [5.41, 5.74) is 2.57. The number of benzene rings is 1. The van der Waals surface area contributed by atoms with E-state index in [-0.39, 0.29) is 6.10 Å². The summed E-state index contributed by atoms with van der Waals surface area (Å²) >= 11 is 0. The van der Waals surface area contributed by atoms with Crippen LogP contribution in [0.15, 0.2) is 18.2 Å². The maximum Gasteiger partial charge on any atom is 0.143 e. The molecule has 0 radical (unpaired) electrons. The number of rotatable bonds is 7. The monoisotopic (exact) mass is 304 g/mol. The number of anilines is 1. The normalized spacial score (nSPS) is 18.8. The number of piperidine rings is 1. The molecule has 3 heteroatoms. The van der Waals surface area contributed by atoms with Gasteiger partial charge >= 0.3 is 0 Å². The molecule has 0 bridgehead atoms. The predicted octanol–water partition coefficient (Wildman–Crippen LogP) is 4.21. The molecular weight excluding hydrogens is 272 g/mol. The molecule has 1 unspecified atom stereocenters. The fraction of sp³-hybridized carbons (Fsp3) is 0.684. The molecule has 1 fully saturated rings. The van der Waals surface area contributed by atoms with Crippen LogP contribution in [0.1, 0.15) is 52.5 Å². The van der Waals surface area contributed by atoms with Gasteiger partial charge in [0.1, 0.15) is 5.75 Å². The lowest BCUT2D eigenvalue weighted by atomic mass is 9.99. The summed E-state index contributed by atoms with van der Waals surface area (Å²) in [4.78, 5) is 2.50. The second kappa shape index (κ2) is 8.42. The van der Waals surface area contributed by atoms with E-state index in [4.69, 9.17) is 4.74 Å². The van der Waals surface area contributed by atoms with Crippen molar-refractivity contribution >= 4 is 5.69 Å². The molecule has 1 N–H and O–H groups in total. The Kier molecular flexibility index (Phi) is 6.56. The molecule has 0 aromatic heterocycles. The van der Waals surface area contributed by atoms with Crippen LogP contribution in [-0.4, -0.2) is 25.7 Å². The molecule has 1 aromatic rings. The van der Waals surface area contributed by atoms with Gasteiger partial charge in [-0.2, -0.15) is 0 Å². The zero-order valence-electron chi connectivity index (χ0n) is 14.7. The lowest BCUT2D eigenvalue weighted by molar-refractivity contribution is 0.242. The molecule has 1 aromatic carbocycles. The third kappa shape index (κ3) is 4.91. The summed E-state index contributed by atoms with van der Waals surface area (Å²) in [6.45, 7) is 13.0. The zero-order chi connectivity index (χ0) is 15.9. The summed E-state index contributed by atoms with van der Waals surface area (Å²) in [5.74, 6) is 1.81. The quantitative estimate of drug-likeness (QED) is 0.764. The van der Waals surface area contributed by atoms with Crippen LogP contribution in [0.4, 0.5) is 5.69 Å². The summed E-state index contributed by atoms with van der Waals surface area (Å²) in [7, 11) is 0. The van der Waals surface area contributed by atoms with Gasteiger partial charge < -0.3 is 15.0 Å². The van der Waals surface area contributed by atoms with Gasteiger partial charge in [0.05, 0.1) is 11.8 Å². The summed E-state index contributed by atoms with van der Waals surface area (Å²) < 4.78 is 6.11. The van der Waals surface area contributed by atoms with Crippen molar-refractivity contribution in [3.8, 4) is 5.75 Å². The highest BCUT2D eigenvalue weighted by Crippen LogP contribution is 2.33. The van der Waals surface area contributed by atoms with E-state index >= 15 is 0 Å². The maximum atomic E-state index is 6.11. The van der Waals surface area contributed by atoms with Gasteiger partial charge in [-0.1, -0.05) is 19.9 Å². The van der Waals surface area contributed by atoms with Crippen LogP contribution >= 0.6 is 0 Å². The molecule has 1 saturated heterocycles. The van der Waals surface area contributed by atoms with Gasteiger partial charge in [-0.3, -0.25) is 0 Å². The van der Waals surface area contributed by atoms with Gasteiger partial charge in [0.15, 0.2) is 0 Å². The number of ether oxygens (including phenoxy) is 1. The van der Waals surface area contributed by atoms with Gasteiger partial charge in [-0.25, -0.2) is 0 Å². The SMILES string of the molecule is CCCNCc1ccc(N2CCCC(C)C2)c(OC(C)C)c1. The van der Waals surface area contributed by atoms with Crippen LogP contribution in [0.5, 0.6) is 5.75 Å². The standard InChI is InChI=1S/C19H32N2O/c1-5-10-20-13-17-8-9-18(19(12-17)22-15(2)3)21-11-6-7-16(4)14-21/h8-9,12,15-16,20H,5-7,10-11,13-14H2,1-4H3. The third-order valence-electron chi connectivity index (χ3n) is 4.14. The maximum absolute atomic E-state index is 6.11. The summed E-state index contributed by atoms with van der Waals surface area (Å²) in [6, 6.07) is 6.71. The molecule has 1 aliphatic heterocycles. The Hall–Kier alpha value is -1.22. The fourth-order valence-electron chi connectivity index (χ4n) is 3.10. The van der Waals surface area contributed by atoms with E-state index in [9.17, 15) is 0 Å². The molecule has 0 amide bonds. The molecular formula is C19H32N2O. The van der Waals surface area contributed by atoms with Crippen molar-refractivity contribution < 1.29 is 4.74 Å². The number of nitrogens with zero attached hydrogens (tertiary/aromatic N) is 1. The number of nitrogens with one attached hydrogen (secondary N) is 1. The van der Waals surface area contributed by atoms with E-state index in [2.05, 4.69) is 56.1 Å². The van der Waals surface area contributed by atoms with Crippen molar-refractivity contribution in [3.05, 3.63) is 23.8 Å². The van der Waals surface area contributed by atoms with Crippen molar-refractivity contribution in [3.63, 3.8) is 0 Å². The average Bonchev–Trinajstić information content (AvgIpc) is 2.47. The topological polar surface area (TPSA) is 24.5 Å². The Balaban J connectivity index is 2.16. The van der Waals surface area contributed by atoms with Gasteiger partial charge in [0, 0.05) is 19.6 Å². The Morgan fingerprint density at radius 3 is 2.86 bits per heavy atom. The highest BCUT2D eigenvalue weighted by atomic mass is 16.5. The van der Waals surface area contributed by atoms with E-state index in [1.54, 1.807) is 0 Å². The van der Waals surface area contributed by atoms with E-state index in [1.165, 1.54) is 30.5 Å². The molecule has 22 heavy (non-hydrogen) atoms.